The number of benzene rings is 1. The number of piperidine rings is 1. The molecular formula is C27H26ClN5O3. The summed E-state index contributed by atoms with van der Waals surface area (Å²) in [5.74, 6) is -0.633. The van der Waals surface area contributed by atoms with Crippen molar-refractivity contribution in [2.45, 2.75) is 32.2 Å². The van der Waals surface area contributed by atoms with Gasteiger partial charge in [-0.15, -0.1) is 12.4 Å². The molecule has 1 saturated heterocycles. The minimum Gasteiger partial charge on any atom is -0.344 e. The van der Waals surface area contributed by atoms with Crippen LogP contribution in [-0.4, -0.2) is 49.7 Å². The van der Waals surface area contributed by atoms with E-state index in [1.165, 1.54) is 0 Å². The van der Waals surface area contributed by atoms with Crippen molar-refractivity contribution < 1.29 is 14.4 Å². The highest BCUT2D eigenvalue weighted by Crippen LogP contribution is 2.38. The van der Waals surface area contributed by atoms with E-state index in [-0.39, 0.29) is 24.4 Å². The third-order valence-electron chi connectivity index (χ3n) is 7.13. The topological polar surface area (TPSA) is 88.7 Å². The summed E-state index contributed by atoms with van der Waals surface area (Å²) in [4.78, 5) is 44.6. The molecule has 0 spiro atoms. The van der Waals surface area contributed by atoms with Gasteiger partial charge in [0.05, 0.1) is 23.0 Å². The molecule has 0 bridgehead atoms. The Morgan fingerprint density at radius 2 is 1.75 bits per heavy atom. The molecule has 1 N–H and O–H groups in total. The number of nitrogens with one attached hydrogen (secondary N) is 1. The molecule has 0 atom stereocenters. The van der Waals surface area contributed by atoms with Crippen molar-refractivity contribution in [2.75, 3.05) is 13.1 Å². The molecule has 9 heteroatoms. The largest absolute Gasteiger partial charge is 0.344 e. The van der Waals surface area contributed by atoms with E-state index in [2.05, 4.69) is 14.9 Å². The summed E-state index contributed by atoms with van der Waals surface area (Å²) < 4.78 is 4.04. The molecule has 3 aromatic heterocycles. The van der Waals surface area contributed by atoms with Crippen molar-refractivity contribution in [3.63, 3.8) is 0 Å². The smallest absolute Gasteiger partial charge is 0.261 e. The van der Waals surface area contributed by atoms with E-state index in [9.17, 15) is 14.4 Å². The van der Waals surface area contributed by atoms with Gasteiger partial charge in [-0.2, -0.15) is 0 Å². The van der Waals surface area contributed by atoms with E-state index in [0.717, 1.165) is 29.3 Å². The van der Waals surface area contributed by atoms with Crippen LogP contribution in [0, 0.1) is 0 Å². The van der Waals surface area contributed by atoms with Gasteiger partial charge in [-0.3, -0.25) is 24.1 Å². The van der Waals surface area contributed by atoms with Gasteiger partial charge < -0.3 is 9.47 Å². The molecule has 0 radical (unpaired) electrons. The van der Waals surface area contributed by atoms with Crippen molar-refractivity contribution in [2.24, 2.45) is 0 Å². The maximum absolute atomic E-state index is 13.1. The normalized spacial score (nSPS) is 16.6. The number of hydrogen-bond acceptors (Lipinski definition) is 4. The zero-order chi connectivity index (χ0) is 24.1. The van der Waals surface area contributed by atoms with E-state index in [4.69, 9.17) is 0 Å². The minimum atomic E-state index is -0.418. The number of carbonyl (C=O) groups is 3. The average molecular weight is 504 g/mol. The molecule has 1 aromatic carbocycles. The van der Waals surface area contributed by atoms with Crippen LogP contribution in [0.15, 0.2) is 61.1 Å². The fourth-order valence-corrected chi connectivity index (χ4v) is 5.40. The van der Waals surface area contributed by atoms with E-state index < -0.39 is 11.8 Å². The fourth-order valence-electron chi connectivity index (χ4n) is 5.40. The third-order valence-corrected chi connectivity index (χ3v) is 7.13. The number of imidazole rings is 1. The maximum Gasteiger partial charge on any atom is 0.261 e. The molecule has 5 heterocycles. The number of rotatable bonds is 4. The predicted molar refractivity (Wildman–Crippen MR) is 139 cm³/mol. The summed E-state index contributed by atoms with van der Waals surface area (Å²) in [6, 6.07) is 13.8. The molecule has 184 valence electrons. The Labute approximate surface area is 214 Å². The van der Waals surface area contributed by atoms with Crippen LogP contribution >= 0.6 is 12.4 Å². The summed E-state index contributed by atoms with van der Waals surface area (Å²) in [6.07, 6.45) is 7.69. The van der Waals surface area contributed by atoms with Crippen LogP contribution in [0.25, 0.3) is 27.7 Å². The highest BCUT2D eigenvalue weighted by Gasteiger charge is 2.36. The van der Waals surface area contributed by atoms with Gasteiger partial charge in [0.1, 0.15) is 5.65 Å². The number of carbonyl (C=O) groups excluding carboxylic acids is 3. The molecule has 0 aliphatic carbocycles. The van der Waals surface area contributed by atoms with Gasteiger partial charge in [-0.05, 0) is 31.0 Å². The highest BCUT2D eigenvalue weighted by atomic mass is 35.5. The summed E-state index contributed by atoms with van der Waals surface area (Å²) in [7, 11) is 0. The number of para-hydroxylation sites is 1. The number of hydrogen-bond donors (Lipinski definition) is 1. The SMILES string of the molecule is CCC(=O)N1CCC(n2cc(C3=C(c4cnc5ccccn45)C(=O)NC3=O)c3ccccc32)CC1.Cl. The van der Waals surface area contributed by atoms with E-state index in [1.54, 1.807) is 6.20 Å². The molecule has 36 heavy (non-hydrogen) atoms. The summed E-state index contributed by atoms with van der Waals surface area (Å²) >= 11 is 0. The predicted octanol–water partition coefficient (Wildman–Crippen LogP) is 3.85. The van der Waals surface area contributed by atoms with Crippen molar-refractivity contribution in [1.82, 2.24) is 24.2 Å². The number of imide groups is 1. The Hall–Kier alpha value is -3.91. The van der Waals surface area contributed by atoms with Gasteiger partial charge >= 0.3 is 0 Å². The lowest BCUT2D eigenvalue weighted by Crippen LogP contribution is -2.38. The van der Waals surface area contributed by atoms with E-state index in [0.29, 0.717) is 42.0 Å². The van der Waals surface area contributed by atoms with Crippen LogP contribution in [0.2, 0.25) is 0 Å². The molecule has 0 unspecified atom stereocenters. The number of amides is 3. The maximum atomic E-state index is 13.1. The Morgan fingerprint density at radius 1 is 1.03 bits per heavy atom. The van der Waals surface area contributed by atoms with Crippen molar-refractivity contribution in [3.8, 4) is 0 Å². The summed E-state index contributed by atoms with van der Waals surface area (Å²) in [5.41, 5.74) is 3.74. The molecule has 1 fully saturated rings. The average Bonchev–Trinajstić information content (AvgIpc) is 3.56. The number of likely N-dealkylation sites (tertiary alicyclic amines) is 1. The molecule has 2 aliphatic rings. The zero-order valence-electron chi connectivity index (χ0n) is 19.8. The van der Waals surface area contributed by atoms with E-state index >= 15 is 0 Å². The summed E-state index contributed by atoms with van der Waals surface area (Å²) in [6.45, 7) is 3.32. The molecule has 3 amide bonds. The first-order valence-electron chi connectivity index (χ1n) is 12.0. The van der Waals surface area contributed by atoms with E-state index in [1.807, 2.05) is 71.1 Å². The van der Waals surface area contributed by atoms with Crippen LogP contribution in [0.1, 0.15) is 43.5 Å². The number of aromatic nitrogens is 3. The Bertz CT molecular complexity index is 1540. The van der Waals surface area contributed by atoms with Gasteiger partial charge in [-0.25, -0.2) is 4.98 Å². The Morgan fingerprint density at radius 3 is 2.53 bits per heavy atom. The fraction of sp³-hybridized carbons (Fsp3) is 0.259. The van der Waals surface area contributed by atoms with Gasteiger partial charge in [0.2, 0.25) is 5.91 Å². The lowest BCUT2D eigenvalue weighted by molar-refractivity contribution is -0.132. The van der Waals surface area contributed by atoms with Gasteiger partial charge in [0.25, 0.3) is 11.8 Å². The molecule has 4 aromatic rings. The number of halogens is 1. The van der Waals surface area contributed by atoms with Gasteiger partial charge in [-0.1, -0.05) is 31.2 Å². The standard InChI is InChI=1S/C27H25N5O3.ClH/c1-2-23(33)30-13-10-17(11-14-30)32-16-19(18-7-3-4-8-20(18)32)24-25(27(35)29-26(24)34)21-15-28-22-9-5-6-12-31(21)22;/h3-9,12,15-17H,2,10-11,13-14H2,1H3,(H,29,34,35);1H. The first kappa shape index (κ1) is 23.8. The van der Waals surface area contributed by atoms with Crippen molar-refractivity contribution >= 4 is 57.8 Å². The van der Waals surface area contributed by atoms with Gasteiger partial charge in [0.15, 0.2) is 0 Å². The molecule has 0 saturated carbocycles. The Balaban J connectivity index is 0.00000267. The highest BCUT2D eigenvalue weighted by molar-refractivity contribution is 6.49. The lowest BCUT2D eigenvalue weighted by atomic mass is 9.99. The second-order valence-corrected chi connectivity index (χ2v) is 9.04. The molecule has 2 aliphatic heterocycles. The Kier molecular flexibility index (Phi) is 6.14. The first-order valence-corrected chi connectivity index (χ1v) is 12.0. The summed E-state index contributed by atoms with van der Waals surface area (Å²) in [5, 5.41) is 3.42. The zero-order valence-corrected chi connectivity index (χ0v) is 20.6. The van der Waals surface area contributed by atoms with Crippen LogP contribution in [-0.2, 0) is 14.4 Å². The first-order chi connectivity index (χ1) is 17.1. The quantitative estimate of drug-likeness (QED) is 0.428. The molecule has 6 rings (SSSR count). The number of nitrogens with zero attached hydrogens (tertiary/aromatic N) is 4. The van der Waals surface area contributed by atoms with Gasteiger partial charge in [0, 0.05) is 54.4 Å². The van der Waals surface area contributed by atoms with Crippen molar-refractivity contribution in [1.29, 1.82) is 0 Å². The van der Waals surface area contributed by atoms with Crippen LogP contribution < -0.4 is 5.32 Å². The van der Waals surface area contributed by atoms with Crippen LogP contribution in [0.5, 0.6) is 0 Å². The van der Waals surface area contributed by atoms with Crippen LogP contribution in [0.4, 0.5) is 0 Å². The van der Waals surface area contributed by atoms with Crippen LogP contribution in [0.3, 0.4) is 0 Å². The monoisotopic (exact) mass is 503 g/mol. The molecule has 8 nitrogen and oxygen atoms in total. The number of fused-ring (bicyclic) bond motifs is 2. The lowest BCUT2D eigenvalue weighted by Gasteiger charge is -2.33. The second kappa shape index (κ2) is 9.28. The number of pyridine rings is 1. The van der Waals surface area contributed by atoms with Crippen molar-refractivity contribution in [3.05, 3.63) is 72.3 Å². The third kappa shape index (κ3) is 3.69. The minimum absolute atomic E-state index is 0. The second-order valence-electron chi connectivity index (χ2n) is 9.04. The molecular weight excluding hydrogens is 478 g/mol.